The van der Waals surface area contributed by atoms with E-state index in [9.17, 15) is 5.11 Å². The molecule has 0 spiro atoms. The van der Waals surface area contributed by atoms with Crippen molar-refractivity contribution < 1.29 is 10.2 Å². The molecular formula is C14H10N2O2. The molecule has 0 unspecified atom stereocenters. The fourth-order valence-corrected chi connectivity index (χ4v) is 1.44. The zero-order chi connectivity index (χ0) is 13.0. The fourth-order valence-electron chi connectivity index (χ4n) is 1.44. The number of hydrogen-bond acceptors (Lipinski definition) is 4. The van der Waals surface area contributed by atoms with Gasteiger partial charge in [-0.2, -0.15) is 5.26 Å². The van der Waals surface area contributed by atoms with Gasteiger partial charge in [-0.25, -0.2) is 0 Å². The van der Waals surface area contributed by atoms with Crippen molar-refractivity contribution in [1.82, 2.24) is 0 Å². The van der Waals surface area contributed by atoms with Crippen molar-refractivity contribution in [3.8, 4) is 17.6 Å². The lowest BCUT2D eigenvalue weighted by molar-refractivity contribution is 0.450. The van der Waals surface area contributed by atoms with E-state index in [-0.39, 0.29) is 11.5 Å². The molecule has 88 valence electrons. The molecule has 0 radical (unpaired) electrons. The number of nitrogens with zero attached hydrogens (tertiary/aromatic N) is 2. The predicted molar refractivity (Wildman–Crippen MR) is 68.2 cm³/mol. The SMILES string of the molecule is N#Cc1cccc(N=Cc2ccc(O)cc2O)c1. The summed E-state index contributed by atoms with van der Waals surface area (Å²) < 4.78 is 0. The third-order valence-corrected chi connectivity index (χ3v) is 2.34. The molecule has 4 heteroatoms. The Bertz CT molecular complexity index is 642. The average molecular weight is 238 g/mol. The summed E-state index contributed by atoms with van der Waals surface area (Å²) in [6.07, 6.45) is 1.48. The highest BCUT2D eigenvalue weighted by Gasteiger charge is 1.99. The quantitative estimate of drug-likeness (QED) is 0.790. The molecule has 0 saturated carbocycles. The van der Waals surface area contributed by atoms with Gasteiger partial charge in [0.2, 0.25) is 0 Å². The molecule has 2 aromatic rings. The summed E-state index contributed by atoms with van der Waals surface area (Å²) >= 11 is 0. The largest absolute Gasteiger partial charge is 0.508 e. The number of hydrogen-bond donors (Lipinski definition) is 2. The Labute approximate surface area is 104 Å². The standard InChI is InChI=1S/C14H10N2O2/c15-8-10-2-1-3-12(6-10)16-9-11-4-5-13(17)7-14(11)18/h1-7,9,17-18H. The van der Waals surface area contributed by atoms with Crippen LogP contribution in [0.4, 0.5) is 5.69 Å². The molecule has 0 heterocycles. The van der Waals surface area contributed by atoms with Crippen molar-refractivity contribution in [2.24, 2.45) is 4.99 Å². The first-order valence-corrected chi connectivity index (χ1v) is 5.25. The molecular weight excluding hydrogens is 228 g/mol. The lowest BCUT2D eigenvalue weighted by atomic mass is 10.2. The van der Waals surface area contributed by atoms with Crippen molar-refractivity contribution in [2.75, 3.05) is 0 Å². The van der Waals surface area contributed by atoms with E-state index in [1.54, 1.807) is 30.3 Å². The second-order valence-corrected chi connectivity index (χ2v) is 3.66. The molecule has 0 fully saturated rings. The normalized spacial score (nSPS) is 10.4. The van der Waals surface area contributed by atoms with Crippen LogP contribution < -0.4 is 0 Å². The summed E-state index contributed by atoms with van der Waals surface area (Å²) in [5, 5.41) is 27.5. The van der Waals surface area contributed by atoms with Gasteiger partial charge >= 0.3 is 0 Å². The molecule has 0 aliphatic carbocycles. The Kier molecular flexibility index (Phi) is 3.26. The maximum atomic E-state index is 9.57. The maximum Gasteiger partial charge on any atom is 0.128 e. The van der Waals surface area contributed by atoms with E-state index < -0.39 is 0 Å². The summed E-state index contributed by atoms with van der Waals surface area (Å²) in [4.78, 5) is 4.16. The van der Waals surface area contributed by atoms with Gasteiger partial charge in [-0.1, -0.05) is 6.07 Å². The summed E-state index contributed by atoms with van der Waals surface area (Å²) in [6.45, 7) is 0. The van der Waals surface area contributed by atoms with Crippen LogP contribution in [0.3, 0.4) is 0 Å². The predicted octanol–water partition coefficient (Wildman–Crippen LogP) is 2.72. The number of benzene rings is 2. The second-order valence-electron chi connectivity index (χ2n) is 3.66. The lowest BCUT2D eigenvalue weighted by Crippen LogP contribution is -1.81. The van der Waals surface area contributed by atoms with Crippen LogP contribution in [0.5, 0.6) is 11.5 Å². The van der Waals surface area contributed by atoms with E-state index in [4.69, 9.17) is 10.4 Å². The monoisotopic (exact) mass is 238 g/mol. The minimum atomic E-state index is -0.0461. The molecule has 0 saturated heterocycles. The average Bonchev–Trinajstić information content (AvgIpc) is 2.38. The highest BCUT2D eigenvalue weighted by atomic mass is 16.3. The zero-order valence-corrected chi connectivity index (χ0v) is 9.41. The molecule has 0 aliphatic rings. The highest BCUT2D eigenvalue weighted by molar-refractivity contribution is 5.85. The van der Waals surface area contributed by atoms with Crippen molar-refractivity contribution in [1.29, 1.82) is 5.26 Å². The van der Waals surface area contributed by atoms with Crippen LogP contribution in [0.1, 0.15) is 11.1 Å². The van der Waals surface area contributed by atoms with E-state index in [1.807, 2.05) is 6.07 Å². The number of nitriles is 1. The second kappa shape index (κ2) is 5.02. The van der Waals surface area contributed by atoms with Crippen LogP contribution in [0.15, 0.2) is 47.5 Å². The van der Waals surface area contributed by atoms with Crippen LogP contribution in [-0.2, 0) is 0 Å². The van der Waals surface area contributed by atoms with Crippen LogP contribution in [0.2, 0.25) is 0 Å². The van der Waals surface area contributed by atoms with Gasteiger partial charge in [0.05, 0.1) is 17.3 Å². The van der Waals surface area contributed by atoms with Gasteiger partial charge in [-0.15, -0.1) is 0 Å². The molecule has 2 aromatic carbocycles. The Morgan fingerprint density at radius 3 is 2.67 bits per heavy atom. The van der Waals surface area contributed by atoms with Crippen LogP contribution in [0.25, 0.3) is 0 Å². The Morgan fingerprint density at radius 1 is 1.11 bits per heavy atom. The molecule has 4 nitrogen and oxygen atoms in total. The Morgan fingerprint density at radius 2 is 1.94 bits per heavy atom. The van der Waals surface area contributed by atoms with Gasteiger partial charge in [-0.3, -0.25) is 4.99 Å². The summed E-state index contributed by atoms with van der Waals surface area (Å²) in [5.41, 5.74) is 1.65. The van der Waals surface area contributed by atoms with Crippen molar-refractivity contribution in [2.45, 2.75) is 0 Å². The van der Waals surface area contributed by atoms with Crippen LogP contribution in [0, 0.1) is 11.3 Å². The molecule has 0 amide bonds. The van der Waals surface area contributed by atoms with Crippen molar-refractivity contribution in [3.05, 3.63) is 53.6 Å². The van der Waals surface area contributed by atoms with Crippen LogP contribution >= 0.6 is 0 Å². The number of phenolic OH excluding ortho intramolecular Hbond substituents is 2. The molecule has 0 bridgehead atoms. The fraction of sp³-hybridized carbons (Fsp3) is 0. The van der Waals surface area contributed by atoms with Gasteiger partial charge in [0.1, 0.15) is 11.5 Å². The van der Waals surface area contributed by atoms with E-state index in [0.717, 1.165) is 0 Å². The molecule has 0 aromatic heterocycles. The van der Waals surface area contributed by atoms with Crippen molar-refractivity contribution >= 4 is 11.9 Å². The minimum Gasteiger partial charge on any atom is -0.508 e. The smallest absolute Gasteiger partial charge is 0.128 e. The Hall–Kier alpha value is -2.80. The minimum absolute atomic E-state index is 0.00359. The lowest BCUT2D eigenvalue weighted by Gasteiger charge is -1.99. The van der Waals surface area contributed by atoms with E-state index in [2.05, 4.69) is 4.99 Å². The Balaban J connectivity index is 2.27. The first-order chi connectivity index (χ1) is 8.69. The maximum absolute atomic E-state index is 9.57. The van der Waals surface area contributed by atoms with Crippen molar-refractivity contribution in [3.63, 3.8) is 0 Å². The number of phenols is 2. The third kappa shape index (κ3) is 2.66. The molecule has 0 atom stereocenters. The van der Waals surface area contributed by atoms with E-state index in [1.165, 1.54) is 18.3 Å². The first kappa shape index (κ1) is 11.7. The summed E-state index contributed by atoms with van der Waals surface area (Å²) in [6, 6.07) is 13.1. The van der Waals surface area contributed by atoms with Gasteiger partial charge in [0, 0.05) is 17.8 Å². The van der Waals surface area contributed by atoms with Gasteiger partial charge in [0.15, 0.2) is 0 Å². The van der Waals surface area contributed by atoms with E-state index in [0.29, 0.717) is 16.8 Å². The number of aliphatic imine (C=N–C) groups is 1. The number of aromatic hydroxyl groups is 2. The molecule has 0 aliphatic heterocycles. The number of rotatable bonds is 2. The van der Waals surface area contributed by atoms with Gasteiger partial charge in [-0.05, 0) is 30.3 Å². The summed E-state index contributed by atoms with van der Waals surface area (Å²) in [5.74, 6) is -0.0497. The van der Waals surface area contributed by atoms with Crippen LogP contribution in [-0.4, -0.2) is 16.4 Å². The van der Waals surface area contributed by atoms with Gasteiger partial charge < -0.3 is 10.2 Å². The third-order valence-electron chi connectivity index (χ3n) is 2.34. The zero-order valence-electron chi connectivity index (χ0n) is 9.41. The molecule has 2 rings (SSSR count). The van der Waals surface area contributed by atoms with Gasteiger partial charge in [0.25, 0.3) is 0 Å². The molecule has 18 heavy (non-hydrogen) atoms. The summed E-state index contributed by atoms with van der Waals surface area (Å²) in [7, 11) is 0. The molecule has 2 N–H and O–H groups in total. The van der Waals surface area contributed by atoms with E-state index >= 15 is 0 Å². The first-order valence-electron chi connectivity index (χ1n) is 5.25. The topological polar surface area (TPSA) is 76.6 Å². The highest BCUT2D eigenvalue weighted by Crippen LogP contribution is 2.22.